The lowest BCUT2D eigenvalue weighted by Gasteiger charge is -2.13. The molecule has 3 rings (SSSR count). The molecule has 6 heteroatoms. The Kier molecular flexibility index (Phi) is 6.31. The van der Waals surface area contributed by atoms with Crippen molar-refractivity contribution in [1.29, 1.82) is 0 Å². The minimum absolute atomic E-state index is 0.0440. The molecule has 1 heterocycles. The molecule has 28 heavy (non-hydrogen) atoms. The average Bonchev–Trinajstić information content (AvgIpc) is 3.14. The molecular formula is C22H23N3O2S. The second kappa shape index (κ2) is 8.89. The largest absolute Gasteiger partial charge is 0.350 e. The van der Waals surface area contributed by atoms with Crippen LogP contribution in [0.3, 0.4) is 0 Å². The number of nitrogens with zero attached hydrogens (tertiary/aromatic N) is 2. The van der Waals surface area contributed by atoms with Crippen LogP contribution in [0.1, 0.15) is 41.4 Å². The van der Waals surface area contributed by atoms with Crippen molar-refractivity contribution in [3.8, 4) is 5.69 Å². The van der Waals surface area contributed by atoms with Gasteiger partial charge in [0.1, 0.15) is 0 Å². The molecule has 0 aliphatic carbocycles. The number of amides is 1. The molecule has 0 fully saturated rings. The molecular weight excluding hydrogens is 370 g/mol. The number of carbonyl (C=O) groups is 2. The van der Waals surface area contributed by atoms with Crippen LogP contribution >= 0.6 is 11.8 Å². The number of hydrogen-bond donors (Lipinski definition) is 1. The molecule has 1 amide bonds. The molecule has 1 N–H and O–H groups in total. The van der Waals surface area contributed by atoms with E-state index in [4.69, 9.17) is 0 Å². The maximum absolute atomic E-state index is 12.6. The Labute approximate surface area is 169 Å². The van der Waals surface area contributed by atoms with Gasteiger partial charge >= 0.3 is 0 Å². The van der Waals surface area contributed by atoms with E-state index in [1.165, 1.54) is 24.2 Å². The van der Waals surface area contributed by atoms with Crippen LogP contribution in [0.4, 0.5) is 0 Å². The van der Waals surface area contributed by atoms with Crippen molar-refractivity contribution >= 4 is 23.5 Å². The van der Waals surface area contributed by atoms with E-state index in [2.05, 4.69) is 16.4 Å². The van der Waals surface area contributed by atoms with Gasteiger partial charge in [0.25, 0.3) is 0 Å². The predicted octanol–water partition coefficient (Wildman–Crippen LogP) is 4.35. The van der Waals surface area contributed by atoms with Gasteiger partial charge in [0.2, 0.25) is 5.91 Å². The Morgan fingerprint density at radius 3 is 2.61 bits per heavy atom. The zero-order chi connectivity index (χ0) is 20.1. The van der Waals surface area contributed by atoms with Crippen LogP contribution in [0.25, 0.3) is 5.69 Å². The normalized spacial score (nSPS) is 11.8. The highest BCUT2D eigenvalue weighted by Crippen LogP contribution is 2.22. The van der Waals surface area contributed by atoms with Crippen molar-refractivity contribution in [3.63, 3.8) is 0 Å². The van der Waals surface area contributed by atoms with E-state index in [0.29, 0.717) is 11.3 Å². The van der Waals surface area contributed by atoms with Crippen molar-refractivity contribution in [2.24, 2.45) is 0 Å². The molecule has 3 aromatic rings. The van der Waals surface area contributed by atoms with Crippen LogP contribution < -0.4 is 5.32 Å². The number of hydrogen-bond acceptors (Lipinski definition) is 4. The molecule has 0 aliphatic heterocycles. The van der Waals surface area contributed by atoms with Crippen molar-refractivity contribution in [1.82, 2.24) is 14.9 Å². The standard InChI is InChI=1S/C22H23N3O2S/c1-15-5-4-6-20(13-15)25-12-11-23-22(25)28-14-21(27)19-9-7-18(8-10-19)16(2)24-17(3)26/h4-13,16H,14H2,1-3H3,(H,24,26). The molecule has 1 aromatic heterocycles. The lowest BCUT2D eigenvalue weighted by atomic mass is 10.0. The Morgan fingerprint density at radius 1 is 1.18 bits per heavy atom. The molecule has 0 aliphatic rings. The number of carbonyl (C=O) groups excluding carboxylic acids is 2. The van der Waals surface area contributed by atoms with Gasteiger partial charge in [-0.15, -0.1) is 0 Å². The predicted molar refractivity (Wildman–Crippen MR) is 112 cm³/mol. The first-order valence-electron chi connectivity index (χ1n) is 9.07. The molecule has 0 saturated heterocycles. The van der Waals surface area contributed by atoms with Crippen LogP contribution in [0.2, 0.25) is 0 Å². The number of aryl methyl sites for hydroxylation is 1. The molecule has 1 atom stereocenters. The second-order valence-corrected chi connectivity index (χ2v) is 7.62. The van der Waals surface area contributed by atoms with E-state index in [1.54, 1.807) is 6.20 Å². The Morgan fingerprint density at radius 2 is 1.93 bits per heavy atom. The maximum Gasteiger partial charge on any atom is 0.217 e. The Hall–Kier alpha value is -2.86. The number of Topliss-reactive ketones (excluding diaryl/α,β-unsaturated/α-hetero) is 1. The minimum Gasteiger partial charge on any atom is -0.350 e. The summed E-state index contributed by atoms with van der Waals surface area (Å²) in [5, 5.41) is 3.63. The molecule has 144 valence electrons. The summed E-state index contributed by atoms with van der Waals surface area (Å²) in [6, 6.07) is 15.5. The highest BCUT2D eigenvalue weighted by atomic mass is 32.2. The van der Waals surface area contributed by atoms with Gasteiger partial charge in [-0.05, 0) is 37.1 Å². The fourth-order valence-corrected chi connectivity index (χ4v) is 3.80. The molecule has 0 bridgehead atoms. The third-order valence-electron chi connectivity index (χ3n) is 4.37. The molecule has 0 spiro atoms. The van der Waals surface area contributed by atoms with Gasteiger partial charge < -0.3 is 5.32 Å². The third-order valence-corrected chi connectivity index (χ3v) is 5.34. The van der Waals surface area contributed by atoms with Crippen LogP contribution in [0.15, 0.2) is 66.1 Å². The highest BCUT2D eigenvalue weighted by molar-refractivity contribution is 7.99. The zero-order valence-corrected chi connectivity index (χ0v) is 17.0. The molecule has 5 nitrogen and oxygen atoms in total. The van der Waals surface area contributed by atoms with Crippen LogP contribution in [0.5, 0.6) is 0 Å². The van der Waals surface area contributed by atoms with E-state index in [1.807, 2.05) is 67.1 Å². The van der Waals surface area contributed by atoms with Crippen LogP contribution in [0, 0.1) is 6.92 Å². The first-order valence-corrected chi connectivity index (χ1v) is 10.1. The summed E-state index contributed by atoms with van der Waals surface area (Å²) in [6.07, 6.45) is 3.65. The van der Waals surface area contributed by atoms with Gasteiger partial charge in [0.15, 0.2) is 10.9 Å². The quantitative estimate of drug-likeness (QED) is 0.479. The van der Waals surface area contributed by atoms with E-state index in [0.717, 1.165) is 16.4 Å². The van der Waals surface area contributed by atoms with Crippen LogP contribution in [-0.2, 0) is 4.79 Å². The fourth-order valence-electron chi connectivity index (χ4n) is 2.93. The number of imidazole rings is 1. The number of rotatable bonds is 7. The average molecular weight is 394 g/mol. The first kappa shape index (κ1) is 19.9. The summed E-state index contributed by atoms with van der Waals surface area (Å²) in [4.78, 5) is 28.1. The second-order valence-electron chi connectivity index (χ2n) is 6.67. The van der Waals surface area contributed by atoms with E-state index in [-0.39, 0.29) is 17.7 Å². The van der Waals surface area contributed by atoms with Gasteiger partial charge in [-0.25, -0.2) is 4.98 Å². The van der Waals surface area contributed by atoms with Gasteiger partial charge in [0.05, 0.1) is 11.8 Å². The summed E-state index contributed by atoms with van der Waals surface area (Å²) in [7, 11) is 0. The summed E-state index contributed by atoms with van der Waals surface area (Å²) in [5.74, 6) is 0.277. The molecule has 1 unspecified atom stereocenters. The van der Waals surface area contributed by atoms with Crippen molar-refractivity contribution in [3.05, 3.63) is 77.6 Å². The van der Waals surface area contributed by atoms with E-state index >= 15 is 0 Å². The Balaban J connectivity index is 1.65. The topological polar surface area (TPSA) is 64.0 Å². The Bertz CT molecular complexity index is 979. The first-order chi connectivity index (χ1) is 13.4. The number of ketones is 1. The maximum atomic E-state index is 12.6. The lowest BCUT2D eigenvalue weighted by Crippen LogP contribution is -2.23. The summed E-state index contributed by atoms with van der Waals surface area (Å²) >= 11 is 1.42. The van der Waals surface area contributed by atoms with Crippen molar-refractivity contribution in [2.75, 3.05) is 5.75 Å². The van der Waals surface area contributed by atoms with Crippen LogP contribution in [-0.4, -0.2) is 27.0 Å². The molecule has 0 saturated carbocycles. The third kappa shape index (κ3) is 4.89. The number of benzene rings is 2. The SMILES string of the molecule is CC(=O)NC(C)c1ccc(C(=O)CSc2nccn2-c2cccc(C)c2)cc1. The van der Waals surface area contributed by atoms with Crippen molar-refractivity contribution in [2.45, 2.75) is 32.0 Å². The summed E-state index contributed by atoms with van der Waals surface area (Å²) in [5.41, 5.74) is 3.82. The van der Waals surface area contributed by atoms with E-state index < -0.39 is 0 Å². The van der Waals surface area contributed by atoms with Gasteiger partial charge in [-0.2, -0.15) is 0 Å². The monoisotopic (exact) mass is 393 g/mol. The van der Waals surface area contributed by atoms with Gasteiger partial charge in [-0.1, -0.05) is 48.2 Å². The number of nitrogens with one attached hydrogen (secondary N) is 1. The smallest absolute Gasteiger partial charge is 0.217 e. The summed E-state index contributed by atoms with van der Waals surface area (Å²) < 4.78 is 1.99. The van der Waals surface area contributed by atoms with Gasteiger partial charge in [0, 0.05) is 30.6 Å². The zero-order valence-electron chi connectivity index (χ0n) is 16.2. The van der Waals surface area contributed by atoms with E-state index in [9.17, 15) is 9.59 Å². The lowest BCUT2D eigenvalue weighted by molar-refractivity contribution is -0.119. The highest BCUT2D eigenvalue weighted by Gasteiger charge is 2.12. The molecule has 0 radical (unpaired) electrons. The number of thioether (sulfide) groups is 1. The van der Waals surface area contributed by atoms with Gasteiger partial charge in [-0.3, -0.25) is 14.2 Å². The molecule has 2 aromatic carbocycles. The number of aromatic nitrogens is 2. The minimum atomic E-state index is -0.0853. The van der Waals surface area contributed by atoms with Crippen molar-refractivity contribution < 1.29 is 9.59 Å². The summed E-state index contributed by atoms with van der Waals surface area (Å²) in [6.45, 7) is 5.46. The fraction of sp³-hybridized carbons (Fsp3) is 0.227.